The van der Waals surface area contributed by atoms with Gasteiger partial charge >= 0.3 is 5.97 Å². The summed E-state index contributed by atoms with van der Waals surface area (Å²) in [7, 11) is 0. The van der Waals surface area contributed by atoms with E-state index in [-0.39, 0.29) is 12.0 Å². The molecule has 0 aromatic heterocycles. The average Bonchev–Trinajstić information content (AvgIpc) is 2.57. The van der Waals surface area contributed by atoms with Crippen molar-refractivity contribution in [2.75, 3.05) is 11.9 Å². The van der Waals surface area contributed by atoms with Crippen LogP contribution in [0.3, 0.4) is 0 Å². The third-order valence-electron chi connectivity index (χ3n) is 3.91. The Morgan fingerprint density at radius 2 is 1.84 bits per heavy atom. The first-order valence-electron chi connectivity index (χ1n) is 8.32. The van der Waals surface area contributed by atoms with Crippen LogP contribution in [0.5, 0.6) is 0 Å². The maximum atomic E-state index is 11.8. The number of nitrogens with one attached hydrogen (secondary N) is 2. The lowest BCUT2D eigenvalue weighted by molar-refractivity contribution is 0.0526. The first-order valence-corrected chi connectivity index (χ1v) is 8.73. The lowest BCUT2D eigenvalue weighted by Gasteiger charge is -2.18. The summed E-state index contributed by atoms with van der Waals surface area (Å²) < 4.78 is 5.02. The third kappa shape index (κ3) is 5.29. The third-order valence-corrected chi connectivity index (χ3v) is 4.13. The largest absolute Gasteiger partial charge is 0.462 e. The van der Waals surface area contributed by atoms with Crippen molar-refractivity contribution in [3.8, 4) is 0 Å². The number of benzene rings is 2. The standard InChI is InChI=1S/C20H24N2O2S/c1-5-24-19(23)17-10-11-18(14(3)12-17)22-20(25)21-15(4)16-8-6-13(2)7-9-16/h6-12,15H,5H2,1-4H3,(H2,21,22,25)/t15-/m1/s1. The fourth-order valence-corrected chi connectivity index (χ4v) is 2.73. The van der Waals surface area contributed by atoms with Crippen LogP contribution in [0.25, 0.3) is 0 Å². The predicted octanol–water partition coefficient (Wildman–Crippen LogP) is 4.53. The molecule has 0 amide bonds. The second-order valence-corrected chi connectivity index (χ2v) is 6.39. The molecule has 4 nitrogen and oxygen atoms in total. The summed E-state index contributed by atoms with van der Waals surface area (Å²) in [5, 5.41) is 7.01. The van der Waals surface area contributed by atoms with Gasteiger partial charge in [0.1, 0.15) is 0 Å². The van der Waals surface area contributed by atoms with Crippen molar-refractivity contribution in [2.24, 2.45) is 0 Å². The molecule has 1 atom stereocenters. The second kappa shape index (κ2) is 8.62. The number of esters is 1. The summed E-state index contributed by atoms with van der Waals surface area (Å²) in [6.07, 6.45) is 0. The Kier molecular flexibility index (Phi) is 6.53. The lowest BCUT2D eigenvalue weighted by Crippen LogP contribution is -2.31. The Labute approximate surface area is 154 Å². The molecule has 0 fully saturated rings. The minimum Gasteiger partial charge on any atom is -0.462 e. The number of hydrogen-bond acceptors (Lipinski definition) is 3. The van der Waals surface area contributed by atoms with Crippen LogP contribution in [0.1, 0.15) is 46.9 Å². The summed E-state index contributed by atoms with van der Waals surface area (Å²) in [5.41, 5.74) is 4.73. The number of anilines is 1. The summed E-state index contributed by atoms with van der Waals surface area (Å²) in [6.45, 7) is 8.21. The molecule has 2 rings (SSSR count). The molecule has 0 radical (unpaired) electrons. The SMILES string of the molecule is CCOC(=O)c1ccc(NC(=S)N[C@H](C)c2ccc(C)cc2)c(C)c1. The van der Waals surface area contributed by atoms with E-state index in [4.69, 9.17) is 17.0 Å². The van der Waals surface area contributed by atoms with E-state index in [0.717, 1.165) is 11.3 Å². The van der Waals surface area contributed by atoms with E-state index in [1.54, 1.807) is 19.1 Å². The van der Waals surface area contributed by atoms with Gasteiger partial charge in [0.05, 0.1) is 18.2 Å². The fourth-order valence-electron chi connectivity index (χ4n) is 2.44. The van der Waals surface area contributed by atoms with E-state index in [9.17, 15) is 4.79 Å². The van der Waals surface area contributed by atoms with E-state index in [1.807, 2.05) is 13.0 Å². The van der Waals surface area contributed by atoms with Crippen molar-refractivity contribution in [3.63, 3.8) is 0 Å². The Morgan fingerprint density at radius 1 is 1.16 bits per heavy atom. The number of carbonyl (C=O) groups is 1. The van der Waals surface area contributed by atoms with Crippen LogP contribution in [-0.4, -0.2) is 17.7 Å². The Hall–Kier alpha value is -2.40. The highest BCUT2D eigenvalue weighted by molar-refractivity contribution is 7.80. The topological polar surface area (TPSA) is 50.4 Å². The van der Waals surface area contributed by atoms with E-state index >= 15 is 0 Å². The molecule has 0 heterocycles. The highest BCUT2D eigenvalue weighted by Crippen LogP contribution is 2.18. The summed E-state index contributed by atoms with van der Waals surface area (Å²) in [6, 6.07) is 13.8. The number of aryl methyl sites for hydroxylation is 2. The number of carbonyl (C=O) groups excluding carboxylic acids is 1. The molecule has 25 heavy (non-hydrogen) atoms. The molecule has 0 aliphatic carbocycles. The minimum absolute atomic E-state index is 0.0970. The number of hydrogen-bond donors (Lipinski definition) is 2. The molecule has 2 N–H and O–H groups in total. The molecular weight excluding hydrogens is 332 g/mol. The Bertz CT molecular complexity index is 757. The molecule has 0 saturated heterocycles. The van der Waals surface area contributed by atoms with Crippen LogP contribution in [0.2, 0.25) is 0 Å². The molecule has 2 aromatic rings. The quantitative estimate of drug-likeness (QED) is 0.609. The maximum absolute atomic E-state index is 11.8. The highest BCUT2D eigenvalue weighted by atomic mass is 32.1. The number of rotatable bonds is 5. The van der Waals surface area contributed by atoms with Gasteiger partial charge in [-0.1, -0.05) is 29.8 Å². The van der Waals surface area contributed by atoms with Crippen LogP contribution >= 0.6 is 12.2 Å². The van der Waals surface area contributed by atoms with Gasteiger partial charge in [0.15, 0.2) is 5.11 Å². The number of thiocarbonyl (C=S) groups is 1. The zero-order valence-electron chi connectivity index (χ0n) is 15.1. The van der Waals surface area contributed by atoms with Crippen LogP contribution < -0.4 is 10.6 Å². The van der Waals surface area contributed by atoms with Gasteiger partial charge in [0.2, 0.25) is 0 Å². The molecule has 2 aromatic carbocycles. The Morgan fingerprint density at radius 3 is 2.44 bits per heavy atom. The first kappa shape index (κ1) is 18.9. The molecule has 0 aliphatic rings. The van der Waals surface area contributed by atoms with Gasteiger partial charge in [-0.15, -0.1) is 0 Å². The Balaban J connectivity index is 2.00. The van der Waals surface area contributed by atoms with Crippen molar-refractivity contribution in [3.05, 3.63) is 64.7 Å². The fraction of sp³-hybridized carbons (Fsp3) is 0.300. The average molecular weight is 356 g/mol. The maximum Gasteiger partial charge on any atom is 0.338 e. The molecular formula is C20H24N2O2S. The van der Waals surface area contributed by atoms with Crippen molar-refractivity contribution >= 4 is 29.0 Å². The van der Waals surface area contributed by atoms with Gasteiger partial charge in [0.25, 0.3) is 0 Å². The molecule has 0 aliphatic heterocycles. The molecule has 0 bridgehead atoms. The monoisotopic (exact) mass is 356 g/mol. The number of ether oxygens (including phenoxy) is 1. The summed E-state index contributed by atoms with van der Waals surface area (Å²) in [4.78, 5) is 11.8. The van der Waals surface area contributed by atoms with E-state index in [2.05, 4.69) is 48.7 Å². The normalized spacial score (nSPS) is 11.5. The minimum atomic E-state index is -0.314. The molecule has 132 valence electrons. The van der Waals surface area contributed by atoms with Gasteiger partial charge in [0, 0.05) is 5.69 Å². The zero-order valence-corrected chi connectivity index (χ0v) is 15.9. The van der Waals surface area contributed by atoms with Gasteiger partial charge in [-0.2, -0.15) is 0 Å². The van der Waals surface area contributed by atoms with Crippen LogP contribution in [0.4, 0.5) is 5.69 Å². The smallest absolute Gasteiger partial charge is 0.338 e. The van der Waals surface area contributed by atoms with Gasteiger partial charge in [-0.3, -0.25) is 0 Å². The van der Waals surface area contributed by atoms with Crippen molar-refractivity contribution in [1.82, 2.24) is 5.32 Å². The predicted molar refractivity (Wildman–Crippen MR) is 106 cm³/mol. The molecule has 0 saturated carbocycles. The summed E-state index contributed by atoms with van der Waals surface area (Å²) >= 11 is 5.41. The summed E-state index contributed by atoms with van der Waals surface area (Å²) in [5.74, 6) is -0.314. The molecule has 5 heteroatoms. The van der Waals surface area contributed by atoms with Crippen LogP contribution in [0, 0.1) is 13.8 Å². The molecule has 0 spiro atoms. The van der Waals surface area contributed by atoms with Crippen LogP contribution in [-0.2, 0) is 4.74 Å². The van der Waals surface area contributed by atoms with Crippen LogP contribution in [0.15, 0.2) is 42.5 Å². The zero-order chi connectivity index (χ0) is 18.4. The second-order valence-electron chi connectivity index (χ2n) is 5.98. The van der Waals surface area contributed by atoms with Crippen molar-refractivity contribution < 1.29 is 9.53 Å². The van der Waals surface area contributed by atoms with Gasteiger partial charge in [-0.05, 0) is 69.2 Å². The van der Waals surface area contributed by atoms with Crippen molar-refractivity contribution in [1.29, 1.82) is 0 Å². The van der Waals surface area contributed by atoms with Gasteiger partial charge in [-0.25, -0.2) is 4.79 Å². The molecule has 0 unspecified atom stereocenters. The van der Waals surface area contributed by atoms with Gasteiger partial charge < -0.3 is 15.4 Å². The van der Waals surface area contributed by atoms with E-state index in [0.29, 0.717) is 17.3 Å². The lowest BCUT2D eigenvalue weighted by atomic mass is 10.1. The van der Waals surface area contributed by atoms with E-state index in [1.165, 1.54) is 11.1 Å². The highest BCUT2D eigenvalue weighted by Gasteiger charge is 2.11. The van der Waals surface area contributed by atoms with Crippen molar-refractivity contribution in [2.45, 2.75) is 33.7 Å². The van der Waals surface area contributed by atoms with E-state index < -0.39 is 0 Å². The first-order chi connectivity index (χ1) is 11.9.